The van der Waals surface area contributed by atoms with Crippen LogP contribution in [0.2, 0.25) is 0 Å². The summed E-state index contributed by atoms with van der Waals surface area (Å²) >= 11 is 3.63. The predicted octanol–water partition coefficient (Wildman–Crippen LogP) is 3.81. The largest absolute Gasteiger partial charge is 0.398 e. The second-order valence-corrected chi connectivity index (χ2v) is 5.91. The van der Waals surface area contributed by atoms with E-state index < -0.39 is 0 Å². The van der Waals surface area contributed by atoms with E-state index in [0.717, 1.165) is 50.7 Å². The lowest BCUT2D eigenvalue weighted by molar-refractivity contribution is 0.110. The summed E-state index contributed by atoms with van der Waals surface area (Å²) in [4.78, 5) is 4.86. The third kappa shape index (κ3) is 1.65. The van der Waals surface area contributed by atoms with Gasteiger partial charge in [-0.3, -0.25) is 4.98 Å². The zero-order valence-corrected chi connectivity index (χ0v) is 12.4. The van der Waals surface area contributed by atoms with Crippen LogP contribution in [0.3, 0.4) is 0 Å². The SMILES string of the molecule is Nc1c2c(nc3c1cc(Br)c1ccccc13)CCOC2. The highest BCUT2D eigenvalue weighted by atomic mass is 79.9. The molecule has 2 heterocycles. The quantitative estimate of drug-likeness (QED) is 0.638. The van der Waals surface area contributed by atoms with Crippen LogP contribution in [0.25, 0.3) is 21.7 Å². The summed E-state index contributed by atoms with van der Waals surface area (Å²) in [5.74, 6) is 0. The first-order valence-electron chi connectivity index (χ1n) is 6.61. The van der Waals surface area contributed by atoms with Crippen molar-refractivity contribution < 1.29 is 4.74 Å². The minimum Gasteiger partial charge on any atom is -0.398 e. The second-order valence-electron chi connectivity index (χ2n) is 5.05. The Hall–Kier alpha value is -1.65. The summed E-state index contributed by atoms with van der Waals surface area (Å²) < 4.78 is 6.56. The highest BCUT2D eigenvalue weighted by Gasteiger charge is 2.18. The topological polar surface area (TPSA) is 48.1 Å². The van der Waals surface area contributed by atoms with Crippen molar-refractivity contribution >= 4 is 43.3 Å². The first-order chi connectivity index (χ1) is 9.75. The lowest BCUT2D eigenvalue weighted by Crippen LogP contribution is -2.14. The highest BCUT2D eigenvalue weighted by molar-refractivity contribution is 9.10. The number of pyridine rings is 1. The van der Waals surface area contributed by atoms with Gasteiger partial charge in [0.05, 0.1) is 24.4 Å². The minimum atomic E-state index is 0.564. The number of ether oxygens (including phenoxy) is 1. The van der Waals surface area contributed by atoms with Gasteiger partial charge in [-0.05, 0) is 11.5 Å². The number of nitrogens with two attached hydrogens (primary N) is 1. The molecule has 3 aromatic rings. The molecule has 4 rings (SSSR count). The molecule has 0 saturated heterocycles. The molecule has 0 aliphatic carbocycles. The van der Waals surface area contributed by atoms with Crippen molar-refractivity contribution in [3.8, 4) is 0 Å². The molecule has 0 fully saturated rings. The predicted molar refractivity (Wildman–Crippen MR) is 84.7 cm³/mol. The van der Waals surface area contributed by atoms with Crippen LogP contribution in [0.5, 0.6) is 0 Å². The Morgan fingerprint density at radius 3 is 2.80 bits per heavy atom. The molecule has 3 nitrogen and oxygen atoms in total. The van der Waals surface area contributed by atoms with Crippen LogP contribution in [0.4, 0.5) is 5.69 Å². The van der Waals surface area contributed by atoms with Crippen molar-refractivity contribution in [2.45, 2.75) is 13.0 Å². The minimum absolute atomic E-state index is 0.564. The Morgan fingerprint density at radius 2 is 1.95 bits per heavy atom. The van der Waals surface area contributed by atoms with Crippen LogP contribution in [0, 0.1) is 0 Å². The number of nitrogen functional groups attached to an aromatic ring is 1. The van der Waals surface area contributed by atoms with Crippen LogP contribution < -0.4 is 5.73 Å². The number of nitrogens with zero attached hydrogens (tertiary/aromatic N) is 1. The molecular formula is C16H13BrN2O. The summed E-state index contributed by atoms with van der Waals surface area (Å²) in [7, 11) is 0. The van der Waals surface area contributed by atoms with Gasteiger partial charge in [0.1, 0.15) is 0 Å². The molecule has 1 aromatic heterocycles. The molecule has 2 N–H and O–H groups in total. The van der Waals surface area contributed by atoms with E-state index >= 15 is 0 Å². The number of halogens is 1. The lowest BCUT2D eigenvalue weighted by Gasteiger charge is -2.20. The molecule has 20 heavy (non-hydrogen) atoms. The third-order valence-electron chi connectivity index (χ3n) is 3.91. The van der Waals surface area contributed by atoms with Crippen LogP contribution in [0.15, 0.2) is 34.8 Å². The number of hydrogen-bond donors (Lipinski definition) is 1. The third-order valence-corrected chi connectivity index (χ3v) is 4.56. The fraction of sp³-hybridized carbons (Fsp3) is 0.188. The van der Waals surface area contributed by atoms with E-state index in [1.54, 1.807) is 0 Å². The molecule has 4 heteroatoms. The number of benzene rings is 2. The molecule has 1 aliphatic heterocycles. The Bertz CT molecular complexity index is 845. The van der Waals surface area contributed by atoms with Crippen molar-refractivity contribution in [2.75, 3.05) is 12.3 Å². The molecule has 0 atom stereocenters. The molecule has 0 radical (unpaired) electrons. The average molecular weight is 329 g/mol. The fourth-order valence-corrected chi connectivity index (χ4v) is 3.45. The Labute approximate surface area is 124 Å². The van der Waals surface area contributed by atoms with Gasteiger partial charge in [-0.1, -0.05) is 40.2 Å². The summed E-state index contributed by atoms with van der Waals surface area (Å²) in [6.45, 7) is 1.29. The highest BCUT2D eigenvalue weighted by Crippen LogP contribution is 2.36. The van der Waals surface area contributed by atoms with E-state index in [4.69, 9.17) is 15.5 Å². The normalized spacial score (nSPS) is 14.7. The van der Waals surface area contributed by atoms with E-state index in [1.165, 1.54) is 5.39 Å². The number of hydrogen-bond acceptors (Lipinski definition) is 3. The van der Waals surface area contributed by atoms with E-state index in [-0.39, 0.29) is 0 Å². The van der Waals surface area contributed by atoms with E-state index in [0.29, 0.717) is 6.61 Å². The van der Waals surface area contributed by atoms with Crippen LogP contribution in [-0.2, 0) is 17.8 Å². The lowest BCUT2D eigenvalue weighted by atomic mass is 10.00. The molecule has 0 unspecified atom stereocenters. The maximum atomic E-state index is 6.36. The van der Waals surface area contributed by atoms with Gasteiger partial charge in [0.2, 0.25) is 0 Å². The van der Waals surface area contributed by atoms with Crippen molar-refractivity contribution in [3.63, 3.8) is 0 Å². The molecule has 1 aliphatic rings. The molecular weight excluding hydrogens is 316 g/mol. The van der Waals surface area contributed by atoms with Crippen molar-refractivity contribution in [1.29, 1.82) is 0 Å². The average Bonchev–Trinajstić information content (AvgIpc) is 2.49. The van der Waals surface area contributed by atoms with Gasteiger partial charge >= 0.3 is 0 Å². The van der Waals surface area contributed by atoms with E-state index in [9.17, 15) is 0 Å². The molecule has 0 bridgehead atoms. The summed E-state index contributed by atoms with van der Waals surface area (Å²) in [6.07, 6.45) is 0.833. The van der Waals surface area contributed by atoms with Crippen molar-refractivity contribution in [2.24, 2.45) is 0 Å². The number of aromatic nitrogens is 1. The van der Waals surface area contributed by atoms with Gasteiger partial charge in [-0.25, -0.2) is 0 Å². The Morgan fingerprint density at radius 1 is 1.15 bits per heavy atom. The molecule has 0 amide bonds. The number of anilines is 1. The smallest absolute Gasteiger partial charge is 0.0805 e. The van der Waals surface area contributed by atoms with E-state index in [2.05, 4.69) is 34.1 Å². The van der Waals surface area contributed by atoms with E-state index in [1.807, 2.05) is 12.1 Å². The van der Waals surface area contributed by atoms with Gasteiger partial charge in [0.25, 0.3) is 0 Å². The second kappa shape index (κ2) is 4.43. The standard InChI is InChI=1S/C16H13BrN2O/c17-13-7-11-15(18)12-8-20-6-5-14(12)19-16(11)10-4-2-1-3-9(10)13/h1-4,7H,5-6,8H2,(H2,18,19). The Balaban J connectivity index is 2.20. The first kappa shape index (κ1) is 12.1. The molecule has 0 saturated carbocycles. The number of fused-ring (bicyclic) bond motifs is 4. The monoisotopic (exact) mass is 328 g/mol. The first-order valence-corrected chi connectivity index (χ1v) is 7.41. The van der Waals surface area contributed by atoms with Gasteiger partial charge in [0, 0.05) is 32.9 Å². The maximum Gasteiger partial charge on any atom is 0.0805 e. The molecule has 2 aromatic carbocycles. The summed E-state index contributed by atoms with van der Waals surface area (Å²) in [5, 5.41) is 3.30. The summed E-state index contributed by atoms with van der Waals surface area (Å²) in [6, 6.07) is 10.3. The van der Waals surface area contributed by atoms with Gasteiger partial charge < -0.3 is 10.5 Å². The van der Waals surface area contributed by atoms with Crippen molar-refractivity contribution in [1.82, 2.24) is 4.98 Å². The van der Waals surface area contributed by atoms with Crippen LogP contribution in [0.1, 0.15) is 11.3 Å². The summed E-state index contributed by atoms with van der Waals surface area (Å²) in [5.41, 5.74) is 10.3. The Kier molecular flexibility index (Phi) is 2.69. The van der Waals surface area contributed by atoms with Gasteiger partial charge in [0.15, 0.2) is 0 Å². The fourth-order valence-electron chi connectivity index (χ4n) is 2.87. The van der Waals surface area contributed by atoms with Gasteiger partial charge in [-0.2, -0.15) is 0 Å². The van der Waals surface area contributed by atoms with Crippen molar-refractivity contribution in [3.05, 3.63) is 46.1 Å². The van der Waals surface area contributed by atoms with Gasteiger partial charge in [-0.15, -0.1) is 0 Å². The molecule has 0 spiro atoms. The molecule has 100 valence electrons. The zero-order valence-electron chi connectivity index (χ0n) is 10.8. The van der Waals surface area contributed by atoms with Crippen LogP contribution in [-0.4, -0.2) is 11.6 Å². The number of rotatable bonds is 0. The zero-order chi connectivity index (χ0) is 13.7. The maximum absolute atomic E-state index is 6.36. The van der Waals surface area contributed by atoms with Crippen LogP contribution >= 0.6 is 15.9 Å².